The smallest absolute Gasteiger partial charge is 0.287 e. The van der Waals surface area contributed by atoms with E-state index in [1.165, 1.54) is 0 Å². The molecule has 0 aromatic rings. The molecule has 5 atom stereocenters. The second kappa shape index (κ2) is 7.79. The van der Waals surface area contributed by atoms with Crippen molar-refractivity contribution < 1.29 is 19.2 Å². The standard InChI is InChI=1S/C21H33ClN4O4/c1-20(2,3)16(25-22)19(30)26-9-11-13(21(11,4)5)14(26)18(29)24-12(8-10-6-7-10)15(27)17(23)28/h10-14,16,25H,6-9H2,1-5H3,(H2,23,28)(H,24,29)/t11?,12?,13?,14-,16?/m0/s1. The number of rotatable bonds is 8. The number of nitrogens with zero attached hydrogens (tertiary/aromatic N) is 1. The zero-order valence-electron chi connectivity index (χ0n) is 18.3. The van der Waals surface area contributed by atoms with Crippen molar-refractivity contribution in [2.75, 3.05) is 6.54 Å². The molecule has 2 aliphatic carbocycles. The Morgan fingerprint density at radius 3 is 2.27 bits per heavy atom. The molecule has 0 spiro atoms. The minimum Gasteiger partial charge on any atom is -0.363 e. The molecule has 3 aliphatic rings. The molecule has 3 rings (SSSR count). The molecule has 4 unspecified atom stereocenters. The van der Waals surface area contributed by atoms with Gasteiger partial charge >= 0.3 is 0 Å². The van der Waals surface area contributed by atoms with Gasteiger partial charge in [-0.3, -0.25) is 19.2 Å². The predicted octanol–water partition coefficient (Wildman–Crippen LogP) is 0.967. The first kappa shape index (κ1) is 23.0. The number of carbonyl (C=O) groups is 4. The normalized spacial score (nSPS) is 29.0. The van der Waals surface area contributed by atoms with E-state index in [1.54, 1.807) is 4.90 Å². The summed E-state index contributed by atoms with van der Waals surface area (Å²) in [7, 11) is 0. The van der Waals surface area contributed by atoms with Crippen molar-refractivity contribution in [1.82, 2.24) is 15.1 Å². The van der Waals surface area contributed by atoms with E-state index < -0.39 is 41.1 Å². The molecule has 0 aromatic heterocycles. The van der Waals surface area contributed by atoms with Crippen LogP contribution in [0.15, 0.2) is 0 Å². The number of piperidine rings is 1. The van der Waals surface area contributed by atoms with E-state index in [2.05, 4.69) is 24.0 Å². The van der Waals surface area contributed by atoms with Gasteiger partial charge in [-0.2, -0.15) is 0 Å². The van der Waals surface area contributed by atoms with Crippen LogP contribution in [0.4, 0.5) is 0 Å². The largest absolute Gasteiger partial charge is 0.363 e. The summed E-state index contributed by atoms with van der Waals surface area (Å²) in [5.74, 6) is -1.94. The van der Waals surface area contributed by atoms with Gasteiger partial charge in [0, 0.05) is 6.54 Å². The van der Waals surface area contributed by atoms with E-state index in [1.807, 2.05) is 20.8 Å². The molecule has 1 aliphatic heterocycles. The summed E-state index contributed by atoms with van der Waals surface area (Å²) in [4.78, 5) is 54.5. The van der Waals surface area contributed by atoms with Crippen LogP contribution < -0.4 is 15.9 Å². The second-order valence-corrected chi connectivity index (χ2v) is 11.0. The maximum absolute atomic E-state index is 13.3. The lowest BCUT2D eigenvalue weighted by molar-refractivity contribution is -0.145. The third-order valence-electron chi connectivity index (χ3n) is 7.12. The van der Waals surface area contributed by atoms with Gasteiger partial charge in [-0.05, 0) is 46.8 Å². The Hall–Kier alpha value is -1.67. The van der Waals surface area contributed by atoms with Crippen LogP contribution in [-0.2, 0) is 19.2 Å². The first-order chi connectivity index (χ1) is 13.8. The monoisotopic (exact) mass is 440 g/mol. The molecule has 1 saturated heterocycles. The van der Waals surface area contributed by atoms with E-state index in [-0.39, 0.29) is 23.2 Å². The number of carbonyl (C=O) groups excluding carboxylic acids is 4. The van der Waals surface area contributed by atoms with Crippen molar-refractivity contribution in [2.24, 2.45) is 34.3 Å². The molecule has 0 bridgehead atoms. The molecule has 3 fully saturated rings. The van der Waals surface area contributed by atoms with E-state index in [4.69, 9.17) is 17.5 Å². The van der Waals surface area contributed by atoms with Crippen LogP contribution in [0.2, 0.25) is 0 Å². The van der Waals surface area contributed by atoms with E-state index >= 15 is 0 Å². The van der Waals surface area contributed by atoms with Crippen molar-refractivity contribution in [2.45, 2.75) is 72.0 Å². The molecule has 9 heteroatoms. The molecule has 0 aromatic carbocycles. The lowest BCUT2D eigenvalue weighted by Gasteiger charge is -2.36. The Morgan fingerprint density at radius 2 is 1.80 bits per heavy atom. The van der Waals surface area contributed by atoms with Crippen molar-refractivity contribution in [3.63, 3.8) is 0 Å². The Labute approximate surface area is 182 Å². The van der Waals surface area contributed by atoms with Gasteiger partial charge in [-0.25, -0.2) is 4.84 Å². The average molecular weight is 441 g/mol. The van der Waals surface area contributed by atoms with Crippen LogP contribution in [0, 0.1) is 28.6 Å². The maximum atomic E-state index is 13.3. The number of halogens is 1. The van der Waals surface area contributed by atoms with E-state index in [9.17, 15) is 19.2 Å². The zero-order valence-corrected chi connectivity index (χ0v) is 19.1. The van der Waals surface area contributed by atoms with Gasteiger partial charge in [0.1, 0.15) is 12.1 Å². The highest BCUT2D eigenvalue weighted by molar-refractivity contribution is 6.37. The minimum absolute atomic E-state index is 0.00245. The van der Waals surface area contributed by atoms with Gasteiger partial charge in [-0.15, -0.1) is 0 Å². The van der Waals surface area contributed by atoms with E-state index in [0.717, 1.165) is 12.8 Å². The van der Waals surface area contributed by atoms with Crippen molar-refractivity contribution in [1.29, 1.82) is 0 Å². The fraction of sp³-hybridized carbons (Fsp3) is 0.810. The van der Waals surface area contributed by atoms with Gasteiger partial charge in [0.25, 0.3) is 5.91 Å². The lowest BCUT2D eigenvalue weighted by atomic mass is 9.86. The fourth-order valence-electron chi connectivity index (χ4n) is 4.91. The molecule has 168 valence electrons. The highest BCUT2D eigenvalue weighted by Crippen LogP contribution is 2.65. The Balaban J connectivity index is 1.81. The van der Waals surface area contributed by atoms with Gasteiger partial charge in [0.2, 0.25) is 17.6 Å². The molecule has 4 N–H and O–H groups in total. The number of hydrogen-bond acceptors (Lipinski definition) is 5. The van der Waals surface area contributed by atoms with Crippen molar-refractivity contribution in [3.8, 4) is 0 Å². The number of amides is 3. The summed E-state index contributed by atoms with van der Waals surface area (Å²) in [6, 6.07) is -2.30. The Kier molecular flexibility index (Phi) is 5.97. The zero-order chi connectivity index (χ0) is 22.6. The van der Waals surface area contributed by atoms with Gasteiger partial charge in [-0.1, -0.05) is 47.5 Å². The summed E-state index contributed by atoms with van der Waals surface area (Å²) in [5, 5.41) is 2.75. The fourth-order valence-corrected chi connectivity index (χ4v) is 5.33. The lowest BCUT2D eigenvalue weighted by Crippen LogP contribution is -2.59. The third kappa shape index (κ3) is 4.21. The molecular weight excluding hydrogens is 408 g/mol. The second-order valence-electron chi connectivity index (χ2n) is 10.8. The highest BCUT2D eigenvalue weighted by Gasteiger charge is 2.69. The predicted molar refractivity (Wildman–Crippen MR) is 112 cm³/mol. The molecule has 0 radical (unpaired) electrons. The quantitative estimate of drug-likeness (QED) is 0.383. The number of Topliss-reactive ketones (excluding diaryl/α,β-unsaturated/α-hetero) is 1. The van der Waals surface area contributed by atoms with Gasteiger partial charge < -0.3 is 16.0 Å². The summed E-state index contributed by atoms with van der Waals surface area (Å²) in [6.07, 6.45) is 2.34. The molecule has 2 saturated carbocycles. The summed E-state index contributed by atoms with van der Waals surface area (Å²) < 4.78 is 0. The van der Waals surface area contributed by atoms with Crippen LogP contribution in [0.25, 0.3) is 0 Å². The number of hydrogen-bond donors (Lipinski definition) is 3. The average Bonchev–Trinajstić information content (AvgIpc) is 3.46. The SMILES string of the molecule is CC(C)(C)C(NCl)C(=O)N1CC2C([C@H]1C(=O)NC(CC1CC1)C(=O)C(N)=O)C2(C)C. The number of likely N-dealkylation sites (tertiary alicyclic amines) is 1. The Bertz CT molecular complexity index is 759. The van der Waals surface area contributed by atoms with Crippen LogP contribution in [-0.4, -0.2) is 53.1 Å². The van der Waals surface area contributed by atoms with Crippen molar-refractivity contribution >= 4 is 35.3 Å². The maximum Gasteiger partial charge on any atom is 0.287 e. The summed E-state index contributed by atoms with van der Waals surface area (Å²) >= 11 is 5.89. The number of fused-ring (bicyclic) bond motifs is 1. The topological polar surface area (TPSA) is 122 Å². The molecule has 1 heterocycles. The Morgan fingerprint density at radius 1 is 1.20 bits per heavy atom. The van der Waals surface area contributed by atoms with Gasteiger partial charge in [0.15, 0.2) is 0 Å². The van der Waals surface area contributed by atoms with E-state index in [0.29, 0.717) is 18.9 Å². The third-order valence-corrected chi connectivity index (χ3v) is 7.34. The number of nitrogens with two attached hydrogens (primary N) is 1. The number of nitrogens with one attached hydrogen (secondary N) is 2. The summed E-state index contributed by atoms with van der Waals surface area (Å²) in [6.45, 7) is 10.3. The number of primary amides is 1. The van der Waals surface area contributed by atoms with Crippen LogP contribution >= 0.6 is 11.8 Å². The minimum atomic E-state index is -1.05. The van der Waals surface area contributed by atoms with Gasteiger partial charge in [0.05, 0.1) is 6.04 Å². The molecule has 8 nitrogen and oxygen atoms in total. The van der Waals surface area contributed by atoms with Crippen LogP contribution in [0.3, 0.4) is 0 Å². The summed E-state index contributed by atoms with van der Waals surface area (Å²) in [5.41, 5.74) is 4.68. The first-order valence-electron chi connectivity index (χ1n) is 10.6. The van der Waals surface area contributed by atoms with Crippen LogP contribution in [0.1, 0.15) is 53.9 Å². The molecular formula is C21H33ClN4O4. The van der Waals surface area contributed by atoms with Crippen LogP contribution in [0.5, 0.6) is 0 Å². The molecule has 3 amide bonds. The first-order valence-corrected chi connectivity index (χ1v) is 11.0. The molecule has 30 heavy (non-hydrogen) atoms. The van der Waals surface area contributed by atoms with Crippen molar-refractivity contribution in [3.05, 3.63) is 0 Å². The number of ketones is 1. The highest BCUT2D eigenvalue weighted by atomic mass is 35.5.